The Kier molecular flexibility index (Phi) is 4.71. The lowest BCUT2D eigenvalue weighted by atomic mass is 9.65. The van der Waals surface area contributed by atoms with Crippen molar-refractivity contribution in [1.82, 2.24) is 4.31 Å². The maximum atomic E-state index is 13.4. The van der Waals surface area contributed by atoms with E-state index in [2.05, 4.69) is 52.0 Å². The lowest BCUT2D eigenvalue weighted by Gasteiger charge is -2.39. The van der Waals surface area contributed by atoms with E-state index in [-0.39, 0.29) is 16.9 Å². The number of benzene rings is 2. The first-order chi connectivity index (χ1) is 13.1. The number of hydrogen-bond acceptors (Lipinski definition) is 2. The summed E-state index contributed by atoms with van der Waals surface area (Å²) in [6, 6.07) is 16.0. The number of sulfonamides is 1. The third kappa shape index (κ3) is 3.53. The van der Waals surface area contributed by atoms with Crippen molar-refractivity contribution in [2.75, 3.05) is 6.54 Å². The molecule has 1 aliphatic carbocycles. The van der Waals surface area contributed by atoms with E-state index in [1.165, 1.54) is 5.56 Å². The lowest BCUT2D eigenvalue weighted by Crippen LogP contribution is -2.37. The Labute approximate surface area is 169 Å². The summed E-state index contributed by atoms with van der Waals surface area (Å²) in [5.74, 6) is 0. The zero-order chi connectivity index (χ0) is 20.2. The van der Waals surface area contributed by atoms with Gasteiger partial charge in [-0.3, -0.25) is 0 Å². The van der Waals surface area contributed by atoms with Gasteiger partial charge in [-0.05, 0) is 65.3 Å². The molecule has 2 fully saturated rings. The van der Waals surface area contributed by atoms with Gasteiger partial charge in [0.05, 0.1) is 4.90 Å². The molecular weight excluding hydrogens is 366 g/mol. The van der Waals surface area contributed by atoms with Crippen LogP contribution in [0.2, 0.25) is 0 Å². The molecule has 1 saturated heterocycles. The Morgan fingerprint density at radius 3 is 2.07 bits per heavy atom. The molecule has 1 heterocycles. The van der Waals surface area contributed by atoms with E-state index in [0.29, 0.717) is 11.4 Å². The number of fused-ring (bicyclic) bond motifs is 2. The smallest absolute Gasteiger partial charge is 0.207 e. The van der Waals surface area contributed by atoms with Crippen LogP contribution in [0.15, 0.2) is 53.4 Å². The van der Waals surface area contributed by atoms with E-state index in [1.54, 1.807) is 16.4 Å². The topological polar surface area (TPSA) is 37.4 Å². The van der Waals surface area contributed by atoms with E-state index < -0.39 is 10.0 Å². The first-order valence-electron chi connectivity index (χ1n) is 10.3. The second kappa shape index (κ2) is 6.70. The van der Waals surface area contributed by atoms with E-state index >= 15 is 0 Å². The van der Waals surface area contributed by atoms with Crippen LogP contribution in [0.5, 0.6) is 0 Å². The summed E-state index contributed by atoms with van der Waals surface area (Å²) in [7, 11) is -3.46. The van der Waals surface area contributed by atoms with Crippen molar-refractivity contribution in [3.8, 4) is 11.1 Å². The number of aryl methyl sites for hydroxylation is 1. The molecule has 1 saturated carbocycles. The van der Waals surface area contributed by atoms with Crippen LogP contribution in [0, 0.1) is 10.8 Å². The highest BCUT2D eigenvalue weighted by Crippen LogP contribution is 2.53. The molecular formula is C24H31NO2S. The zero-order valence-electron chi connectivity index (χ0n) is 17.4. The van der Waals surface area contributed by atoms with Crippen molar-refractivity contribution in [3.05, 3.63) is 54.1 Å². The Morgan fingerprint density at radius 1 is 0.929 bits per heavy atom. The highest BCUT2D eigenvalue weighted by molar-refractivity contribution is 7.89. The van der Waals surface area contributed by atoms with Crippen LogP contribution in [0.25, 0.3) is 11.1 Å². The monoisotopic (exact) mass is 397 g/mol. The fraction of sp³-hybridized carbons (Fsp3) is 0.500. The van der Waals surface area contributed by atoms with Crippen LogP contribution >= 0.6 is 0 Å². The van der Waals surface area contributed by atoms with Crippen LogP contribution in [0.1, 0.15) is 52.5 Å². The summed E-state index contributed by atoms with van der Waals surface area (Å²) in [5, 5.41) is 0. The molecule has 4 rings (SSSR count). The number of rotatable bonds is 4. The SMILES string of the molecule is CCc1ccc(-c2ccc(S(=O)(=O)N3CC4(C)CC3CC(C)(C)C4)cc2)cc1. The van der Waals surface area contributed by atoms with Gasteiger partial charge in [-0.2, -0.15) is 4.31 Å². The molecule has 2 unspecified atom stereocenters. The lowest BCUT2D eigenvalue weighted by molar-refractivity contribution is 0.133. The Hall–Kier alpha value is -1.65. The van der Waals surface area contributed by atoms with Crippen LogP contribution in [-0.2, 0) is 16.4 Å². The molecule has 2 aromatic rings. The average Bonchev–Trinajstić information content (AvgIpc) is 2.91. The number of nitrogens with zero attached hydrogens (tertiary/aromatic N) is 1. The Bertz CT molecular complexity index is 961. The molecule has 2 bridgehead atoms. The van der Waals surface area contributed by atoms with Crippen molar-refractivity contribution in [1.29, 1.82) is 0 Å². The second-order valence-electron chi connectivity index (χ2n) is 9.84. The normalized spacial score (nSPS) is 27.1. The zero-order valence-corrected chi connectivity index (χ0v) is 18.2. The predicted octanol–water partition coefficient (Wildman–Crippen LogP) is 5.51. The van der Waals surface area contributed by atoms with Crippen molar-refractivity contribution >= 4 is 10.0 Å². The molecule has 150 valence electrons. The van der Waals surface area contributed by atoms with E-state index in [0.717, 1.165) is 36.8 Å². The van der Waals surface area contributed by atoms with E-state index in [1.807, 2.05) is 12.1 Å². The van der Waals surface area contributed by atoms with Gasteiger partial charge in [0.1, 0.15) is 0 Å². The predicted molar refractivity (Wildman–Crippen MR) is 115 cm³/mol. The van der Waals surface area contributed by atoms with Crippen molar-refractivity contribution in [2.24, 2.45) is 10.8 Å². The minimum absolute atomic E-state index is 0.0977. The van der Waals surface area contributed by atoms with Gasteiger partial charge in [0, 0.05) is 12.6 Å². The highest BCUT2D eigenvalue weighted by atomic mass is 32.2. The van der Waals surface area contributed by atoms with Gasteiger partial charge in [0.25, 0.3) is 0 Å². The average molecular weight is 398 g/mol. The maximum Gasteiger partial charge on any atom is 0.243 e. The Morgan fingerprint density at radius 2 is 1.50 bits per heavy atom. The van der Waals surface area contributed by atoms with Gasteiger partial charge in [0.15, 0.2) is 0 Å². The molecule has 2 atom stereocenters. The molecule has 28 heavy (non-hydrogen) atoms. The molecule has 1 aliphatic heterocycles. The third-order valence-corrected chi connectivity index (χ3v) is 8.44. The summed E-state index contributed by atoms with van der Waals surface area (Å²) >= 11 is 0. The summed E-state index contributed by atoms with van der Waals surface area (Å²) in [6.07, 6.45) is 4.04. The molecule has 0 amide bonds. The standard InChI is InChI=1S/C24H31NO2S/c1-5-18-6-8-19(9-7-18)20-10-12-22(13-11-20)28(26,27)25-17-24(4)15-21(25)14-23(2,3)16-24/h6-13,21H,5,14-17H2,1-4H3. The largest absolute Gasteiger partial charge is 0.243 e. The van der Waals surface area contributed by atoms with Crippen LogP contribution in [0.4, 0.5) is 0 Å². The molecule has 0 radical (unpaired) electrons. The Balaban J connectivity index is 1.60. The van der Waals surface area contributed by atoms with E-state index in [4.69, 9.17) is 0 Å². The highest BCUT2D eigenvalue weighted by Gasteiger charge is 2.53. The van der Waals surface area contributed by atoms with Gasteiger partial charge in [-0.1, -0.05) is 64.1 Å². The molecule has 2 aliphatic rings. The number of hydrogen-bond donors (Lipinski definition) is 0. The minimum Gasteiger partial charge on any atom is -0.207 e. The van der Waals surface area contributed by atoms with Crippen molar-refractivity contribution < 1.29 is 8.42 Å². The fourth-order valence-electron chi connectivity index (χ4n) is 5.58. The fourth-order valence-corrected chi connectivity index (χ4v) is 7.35. The summed E-state index contributed by atoms with van der Waals surface area (Å²) in [6.45, 7) is 9.57. The third-order valence-electron chi connectivity index (χ3n) is 6.52. The summed E-state index contributed by atoms with van der Waals surface area (Å²) in [5.41, 5.74) is 3.78. The van der Waals surface area contributed by atoms with Crippen LogP contribution in [-0.4, -0.2) is 25.3 Å². The molecule has 3 nitrogen and oxygen atoms in total. The van der Waals surface area contributed by atoms with Gasteiger partial charge < -0.3 is 0 Å². The first-order valence-corrected chi connectivity index (χ1v) is 11.8. The van der Waals surface area contributed by atoms with Gasteiger partial charge >= 0.3 is 0 Å². The van der Waals surface area contributed by atoms with Crippen molar-refractivity contribution in [2.45, 2.75) is 64.3 Å². The first kappa shape index (κ1) is 19.7. The molecule has 0 N–H and O–H groups in total. The molecule has 0 aromatic heterocycles. The van der Waals surface area contributed by atoms with Crippen LogP contribution in [0.3, 0.4) is 0 Å². The van der Waals surface area contributed by atoms with E-state index in [9.17, 15) is 8.42 Å². The van der Waals surface area contributed by atoms with Gasteiger partial charge in [-0.25, -0.2) is 8.42 Å². The quantitative estimate of drug-likeness (QED) is 0.682. The maximum absolute atomic E-state index is 13.4. The minimum atomic E-state index is -3.46. The second-order valence-corrected chi connectivity index (χ2v) is 11.7. The molecule has 4 heteroatoms. The van der Waals surface area contributed by atoms with Gasteiger partial charge in [0.2, 0.25) is 10.0 Å². The molecule has 2 aromatic carbocycles. The van der Waals surface area contributed by atoms with Crippen LogP contribution < -0.4 is 0 Å². The summed E-state index contributed by atoms with van der Waals surface area (Å²) in [4.78, 5) is 0.412. The van der Waals surface area contributed by atoms with Gasteiger partial charge in [-0.15, -0.1) is 0 Å². The molecule has 0 spiro atoms. The summed E-state index contributed by atoms with van der Waals surface area (Å²) < 4.78 is 28.6. The van der Waals surface area contributed by atoms with Crippen molar-refractivity contribution in [3.63, 3.8) is 0 Å².